The van der Waals surface area contributed by atoms with Crippen molar-refractivity contribution in [3.63, 3.8) is 0 Å². The van der Waals surface area contributed by atoms with Crippen LogP contribution in [0.2, 0.25) is 0 Å². The Labute approximate surface area is 190 Å². The van der Waals surface area contributed by atoms with E-state index in [0.29, 0.717) is 37.4 Å². The third kappa shape index (κ3) is 5.53. The molecular formula is C24H36N4O4. The van der Waals surface area contributed by atoms with Gasteiger partial charge in [0.15, 0.2) is 0 Å². The zero-order chi connectivity index (χ0) is 23.5. The molecule has 3 rings (SSSR count). The van der Waals surface area contributed by atoms with E-state index in [0.717, 1.165) is 25.7 Å². The number of ether oxygens (including phenoxy) is 1. The van der Waals surface area contributed by atoms with Gasteiger partial charge in [0.1, 0.15) is 5.60 Å². The predicted molar refractivity (Wildman–Crippen MR) is 124 cm³/mol. The van der Waals surface area contributed by atoms with E-state index in [4.69, 9.17) is 4.74 Å². The first-order valence-corrected chi connectivity index (χ1v) is 11.4. The molecule has 2 saturated heterocycles. The smallest absolute Gasteiger partial charge is 0.410 e. The molecule has 8 heteroatoms. The van der Waals surface area contributed by atoms with Gasteiger partial charge in [-0.2, -0.15) is 0 Å². The zero-order valence-corrected chi connectivity index (χ0v) is 19.9. The van der Waals surface area contributed by atoms with Crippen molar-refractivity contribution >= 4 is 23.7 Å². The van der Waals surface area contributed by atoms with Crippen LogP contribution in [0.5, 0.6) is 0 Å². The molecule has 1 aromatic carbocycles. The molecule has 2 heterocycles. The maximum Gasteiger partial charge on any atom is 0.410 e. The number of amides is 4. The summed E-state index contributed by atoms with van der Waals surface area (Å²) >= 11 is 0. The Morgan fingerprint density at radius 3 is 2.09 bits per heavy atom. The van der Waals surface area contributed by atoms with Crippen molar-refractivity contribution in [1.82, 2.24) is 15.1 Å². The van der Waals surface area contributed by atoms with Gasteiger partial charge in [0.25, 0.3) is 5.91 Å². The first kappa shape index (κ1) is 23.9. The molecule has 0 saturated carbocycles. The summed E-state index contributed by atoms with van der Waals surface area (Å²) in [4.78, 5) is 42.5. The van der Waals surface area contributed by atoms with E-state index in [9.17, 15) is 14.4 Å². The number of hydrogen-bond acceptors (Lipinski definition) is 4. The molecule has 0 atom stereocenters. The van der Waals surface area contributed by atoms with E-state index >= 15 is 0 Å². The van der Waals surface area contributed by atoms with Crippen LogP contribution < -0.4 is 10.2 Å². The van der Waals surface area contributed by atoms with Crippen molar-refractivity contribution < 1.29 is 19.1 Å². The van der Waals surface area contributed by atoms with E-state index in [-0.39, 0.29) is 23.4 Å². The average Bonchev–Trinajstić information content (AvgIpc) is 2.77. The van der Waals surface area contributed by atoms with Crippen molar-refractivity contribution in [2.75, 3.05) is 45.2 Å². The minimum Gasteiger partial charge on any atom is -0.444 e. The summed E-state index contributed by atoms with van der Waals surface area (Å²) in [5.74, 6) is -0.00167. The summed E-state index contributed by atoms with van der Waals surface area (Å²) in [6.45, 7) is 8.48. The van der Waals surface area contributed by atoms with E-state index < -0.39 is 5.60 Å². The fraction of sp³-hybridized carbons (Fsp3) is 0.625. The molecule has 4 amide bonds. The van der Waals surface area contributed by atoms with E-state index in [1.54, 1.807) is 32.3 Å². The van der Waals surface area contributed by atoms with Crippen molar-refractivity contribution in [1.29, 1.82) is 0 Å². The number of nitrogens with one attached hydrogen (secondary N) is 1. The number of hydrogen-bond donors (Lipinski definition) is 1. The number of likely N-dealkylation sites (tertiary alicyclic amines) is 2. The quantitative estimate of drug-likeness (QED) is 0.754. The number of anilines is 1. The molecule has 2 aliphatic rings. The standard InChI is InChI=1S/C24H36N4O4/c1-23(2,3)32-22(31)28-15-11-24(12-16-28)9-13-27(14-10-24)20(29)18-7-6-8-19(17-18)26(5)21(30)25-4/h6-8,17H,9-16H2,1-5H3,(H,25,30). The first-order chi connectivity index (χ1) is 15.0. The number of urea groups is 1. The minimum atomic E-state index is -0.482. The molecule has 0 bridgehead atoms. The van der Waals surface area contributed by atoms with Crippen molar-refractivity contribution in [2.24, 2.45) is 5.41 Å². The maximum absolute atomic E-state index is 13.1. The summed E-state index contributed by atoms with van der Waals surface area (Å²) < 4.78 is 5.50. The van der Waals surface area contributed by atoms with E-state index in [1.807, 2.05) is 36.6 Å². The molecule has 1 aromatic rings. The van der Waals surface area contributed by atoms with Crippen LogP contribution in [0.25, 0.3) is 0 Å². The normalized spacial score (nSPS) is 18.3. The SMILES string of the molecule is CNC(=O)N(C)c1cccc(C(=O)N2CCC3(CCN(C(=O)OC(C)(C)C)CC3)CC2)c1. The Bertz CT molecular complexity index is 846. The molecule has 1 N–H and O–H groups in total. The second-order valence-electron chi connectivity index (χ2n) is 9.92. The van der Waals surface area contributed by atoms with Crippen LogP contribution in [0, 0.1) is 5.41 Å². The minimum absolute atomic E-state index is 0.00167. The second kappa shape index (κ2) is 9.38. The van der Waals surface area contributed by atoms with Gasteiger partial charge in [-0.1, -0.05) is 6.07 Å². The summed E-state index contributed by atoms with van der Waals surface area (Å²) in [5.41, 5.74) is 0.980. The lowest BCUT2D eigenvalue weighted by Gasteiger charge is -2.46. The average molecular weight is 445 g/mol. The topological polar surface area (TPSA) is 82.2 Å². The third-order valence-electron chi connectivity index (χ3n) is 6.59. The van der Waals surface area contributed by atoms with Crippen LogP contribution in [0.15, 0.2) is 24.3 Å². The highest BCUT2D eigenvalue weighted by Crippen LogP contribution is 2.41. The maximum atomic E-state index is 13.1. The van der Waals surface area contributed by atoms with Gasteiger partial charge in [0.05, 0.1) is 0 Å². The lowest BCUT2D eigenvalue weighted by molar-refractivity contribution is -0.00114. The van der Waals surface area contributed by atoms with Crippen LogP contribution in [0.1, 0.15) is 56.8 Å². The fourth-order valence-corrected chi connectivity index (χ4v) is 4.49. The van der Waals surface area contributed by atoms with Gasteiger partial charge >= 0.3 is 12.1 Å². The fourth-order valence-electron chi connectivity index (χ4n) is 4.49. The molecule has 1 spiro atoms. The second-order valence-corrected chi connectivity index (χ2v) is 9.92. The van der Waals surface area contributed by atoms with E-state index in [1.165, 1.54) is 4.90 Å². The molecule has 2 fully saturated rings. The summed E-state index contributed by atoms with van der Waals surface area (Å²) in [7, 11) is 3.26. The molecule has 0 radical (unpaired) electrons. The molecule has 0 aliphatic carbocycles. The molecule has 0 aromatic heterocycles. The molecular weight excluding hydrogens is 408 g/mol. The largest absolute Gasteiger partial charge is 0.444 e. The Kier molecular flexibility index (Phi) is 7.00. The number of nitrogens with zero attached hydrogens (tertiary/aromatic N) is 3. The van der Waals surface area contributed by atoms with Crippen LogP contribution in [0.4, 0.5) is 15.3 Å². The van der Waals surface area contributed by atoms with Gasteiger partial charge in [0, 0.05) is 51.5 Å². The van der Waals surface area contributed by atoms with Crippen molar-refractivity contribution in [2.45, 2.75) is 52.1 Å². The van der Waals surface area contributed by atoms with Gasteiger partial charge in [-0.3, -0.25) is 9.69 Å². The van der Waals surface area contributed by atoms with Crippen molar-refractivity contribution in [3.05, 3.63) is 29.8 Å². The highest BCUT2D eigenvalue weighted by Gasteiger charge is 2.40. The summed E-state index contributed by atoms with van der Waals surface area (Å²) in [6, 6.07) is 6.96. The predicted octanol–water partition coefficient (Wildman–Crippen LogP) is 3.72. The number of rotatable bonds is 2. The third-order valence-corrected chi connectivity index (χ3v) is 6.59. The van der Waals surface area contributed by atoms with Crippen LogP contribution in [-0.2, 0) is 4.74 Å². The van der Waals surface area contributed by atoms with Crippen LogP contribution in [0.3, 0.4) is 0 Å². The Morgan fingerprint density at radius 1 is 1.00 bits per heavy atom. The Morgan fingerprint density at radius 2 is 1.56 bits per heavy atom. The molecule has 0 unspecified atom stereocenters. The highest BCUT2D eigenvalue weighted by atomic mass is 16.6. The molecule has 176 valence electrons. The number of carbonyl (C=O) groups is 3. The number of piperidine rings is 2. The van der Waals surface area contributed by atoms with E-state index in [2.05, 4.69) is 5.32 Å². The number of carbonyl (C=O) groups excluding carboxylic acids is 3. The van der Waals surface area contributed by atoms with Gasteiger partial charge < -0.3 is 19.9 Å². The van der Waals surface area contributed by atoms with Crippen molar-refractivity contribution in [3.8, 4) is 0 Å². The van der Waals surface area contributed by atoms with Crippen LogP contribution in [-0.4, -0.2) is 73.7 Å². The van der Waals surface area contributed by atoms with Gasteiger partial charge in [-0.15, -0.1) is 0 Å². The van der Waals surface area contributed by atoms with Gasteiger partial charge in [0.2, 0.25) is 0 Å². The van der Waals surface area contributed by atoms with Gasteiger partial charge in [-0.05, 0) is 70.1 Å². The van der Waals surface area contributed by atoms with Gasteiger partial charge in [-0.25, -0.2) is 9.59 Å². The monoisotopic (exact) mass is 444 g/mol. The molecule has 32 heavy (non-hydrogen) atoms. The van der Waals surface area contributed by atoms with Crippen LogP contribution >= 0.6 is 0 Å². The Balaban J connectivity index is 1.56. The molecule has 2 aliphatic heterocycles. The Hall–Kier alpha value is -2.77. The highest BCUT2D eigenvalue weighted by molar-refractivity contribution is 5.97. The lowest BCUT2D eigenvalue weighted by atomic mass is 9.71. The molecule has 8 nitrogen and oxygen atoms in total. The number of benzene rings is 1. The summed E-state index contributed by atoms with van der Waals surface area (Å²) in [6.07, 6.45) is 3.54. The lowest BCUT2D eigenvalue weighted by Crippen LogP contribution is -2.50. The summed E-state index contributed by atoms with van der Waals surface area (Å²) in [5, 5.41) is 2.59. The first-order valence-electron chi connectivity index (χ1n) is 11.4. The zero-order valence-electron chi connectivity index (χ0n) is 19.9.